The first-order valence-electron chi connectivity index (χ1n) is 4.24. The average Bonchev–Trinajstić information content (AvgIpc) is 2.88. The van der Waals surface area contributed by atoms with Crippen LogP contribution in [-0.2, 0) is 16.6 Å². The summed E-state index contributed by atoms with van der Waals surface area (Å²) in [6.45, 7) is 0.174. The highest BCUT2D eigenvalue weighted by molar-refractivity contribution is 7.91. The molecule has 0 fully saturated rings. The Bertz CT molecular complexity index is 500. The summed E-state index contributed by atoms with van der Waals surface area (Å²) in [5, 5.41) is 1.72. The predicted octanol–water partition coefficient (Wildman–Crippen LogP) is 1.82. The van der Waals surface area contributed by atoms with E-state index in [0.717, 1.165) is 0 Å². The van der Waals surface area contributed by atoms with Crippen LogP contribution < -0.4 is 4.72 Å². The van der Waals surface area contributed by atoms with Crippen molar-refractivity contribution >= 4 is 21.4 Å². The van der Waals surface area contributed by atoms with Gasteiger partial charge in [-0.3, -0.25) is 0 Å². The molecule has 2 heterocycles. The van der Waals surface area contributed by atoms with E-state index in [1.165, 1.54) is 17.6 Å². The minimum absolute atomic E-state index is 0.174. The maximum Gasteiger partial charge on any atom is 0.250 e. The number of thiophene rings is 1. The Morgan fingerprint density at radius 3 is 2.80 bits per heavy atom. The van der Waals surface area contributed by atoms with Gasteiger partial charge in [-0.05, 0) is 23.6 Å². The summed E-state index contributed by atoms with van der Waals surface area (Å²) in [5.41, 5.74) is 0. The summed E-state index contributed by atoms with van der Waals surface area (Å²) >= 11 is 1.19. The first kappa shape index (κ1) is 10.4. The highest BCUT2D eigenvalue weighted by Gasteiger charge is 2.14. The fourth-order valence-corrected chi connectivity index (χ4v) is 3.10. The first-order chi connectivity index (χ1) is 7.18. The predicted molar refractivity (Wildman–Crippen MR) is 57.1 cm³/mol. The van der Waals surface area contributed by atoms with Crippen LogP contribution in [0.3, 0.4) is 0 Å². The van der Waals surface area contributed by atoms with E-state index in [9.17, 15) is 8.42 Å². The molecule has 0 aliphatic rings. The Labute approximate surface area is 91.6 Å². The molecule has 0 saturated heterocycles. The second-order valence-electron chi connectivity index (χ2n) is 2.84. The van der Waals surface area contributed by atoms with Crippen molar-refractivity contribution in [3.8, 4) is 0 Å². The van der Waals surface area contributed by atoms with Gasteiger partial charge in [0.05, 0.1) is 12.8 Å². The fraction of sp³-hybridized carbons (Fsp3) is 0.111. The molecule has 6 heteroatoms. The summed E-state index contributed by atoms with van der Waals surface area (Å²) in [6.07, 6.45) is 1.51. The van der Waals surface area contributed by atoms with Gasteiger partial charge in [-0.15, -0.1) is 11.3 Å². The first-order valence-corrected chi connectivity index (χ1v) is 6.60. The normalized spacial score (nSPS) is 11.7. The fourth-order valence-electron chi connectivity index (χ4n) is 1.07. The SMILES string of the molecule is O=S(=O)(NCc1ccco1)c1cccs1. The summed E-state index contributed by atoms with van der Waals surface area (Å²) in [4.78, 5) is 0. The minimum atomic E-state index is -3.38. The zero-order valence-corrected chi connectivity index (χ0v) is 9.35. The second kappa shape index (κ2) is 4.18. The van der Waals surface area contributed by atoms with E-state index in [2.05, 4.69) is 4.72 Å². The third-order valence-electron chi connectivity index (χ3n) is 1.78. The molecular formula is C9H9NO3S2. The molecule has 0 spiro atoms. The molecule has 2 aromatic heterocycles. The van der Waals surface area contributed by atoms with Crippen LogP contribution >= 0.6 is 11.3 Å². The molecule has 15 heavy (non-hydrogen) atoms. The lowest BCUT2D eigenvalue weighted by atomic mass is 10.5. The van der Waals surface area contributed by atoms with E-state index < -0.39 is 10.0 Å². The molecule has 0 atom stereocenters. The molecule has 0 radical (unpaired) electrons. The van der Waals surface area contributed by atoms with Crippen molar-refractivity contribution in [3.63, 3.8) is 0 Å². The topological polar surface area (TPSA) is 59.3 Å². The van der Waals surface area contributed by atoms with E-state index in [1.807, 2.05) is 0 Å². The van der Waals surface area contributed by atoms with Crippen LogP contribution in [0.4, 0.5) is 0 Å². The van der Waals surface area contributed by atoms with Crippen LogP contribution in [0.25, 0.3) is 0 Å². The highest BCUT2D eigenvalue weighted by Crippen LogP contribution is 2.15. The van der Waals surface area contributed by atoms with Crippen molar-refractivity contribution in [2.45, 2.75) is 10.8 Å². The number of sulfonamides is 1. The van der Waals surface area contributed by atoms with Gasteiger partial charge in [-0.1, -0.05) is 6.07 Å². The van der Waals surface area contributed by atoms with Gasteiger partial charge in [0.25, 0.3) is 0 Å². The van der Waals surface area contributed by atoms with Gasteiger partial charge in [0.15, 0.2) is 0 Å². The summed E-state index contributed by atoms with van der Waals surface area (Å²) in [6, 6.07) is 6.70. The van der Waals surface area contributed by atoms with Crippen molar-refractivity contribution in [2.75, 3.05) is 0 Å². The number of hydrogen-bond donors (Lipinski definition) is 1. The van der Waals surface area contributed by atoms with Gasteiger partial charge in [0, 0.05) is 0 Å². The van der Waals surface area contributed by atoms with E-state index in [1.54, 1.807) is 29.6 Å². The molecular weight excluding hydrogens is 234 g/mol. The lowest BCUT2D eigenvalue weighted by molar-refractivity contribution is 0.499. The molecule has 0 aliphatic heterocycles. The average molecular weight is 243 g/mol. The number of nitrogens with one attached hydrogen (secondary N) is 1. The lowest BCUT2D eigenvalue weighted by Gasteiger charge is -2.01. The third-order valence-corrected chi connectivity index (χ3v) is 4.58. The molecule has 0 amide bonds. The van der Waals surface area contributed by atoms with E-state index >= 15 is 0 Å². The summed E-state index contributed by atoms with van der Waals surface area (Å²) < 4.78 is 31.1. The Kier molecular flexibility index (Phi) is 2.90. The molecule has 0 aliphatic carbocycles. The van der Waals surface area contributed by atoms with E-state index in [4.69, 9.17) is 4.42 Å². The molecule has 0 unspecified atom stereocenters. The highest BCUT2D eigenvalue weighted by atomic mass is 32.2. The maximum absolute atomic E-state index is 11.6. The second-order valence-corrected chi connectivity index (χ2v) is 5.78. The van der Waals surface area contributed by atoms with Crippen LogP contribution in [0.5, 0.6) is 0 Å². The quantitative estimate of drug-likeness (QED) is 0.891. The van der Waals surface area contributed by atoms with Crippen LogP contribution in [0.15, 0.2) is 44.5 Å². The van der Waals surface area contributed by atoms with Crippen molar-refractivity contribution in [2.24, 2.45) is 0 Å². The number of hydrogen-bond acceptors (Lipinski definition) is 4. The van der Waals surface area contributed by atoms with Gasteiger partial charge in [-0.25, -0.2) is 13.1 Å². The molecule has 0 aromatic carbocycles. The molecule has 0 bridgehead atoms. The third kappa shape index (κ3) is 2.47. The minimum Gasteiger partial charge on any atom is -0.468 e. The Morgan fingerprint density at radius 2 is 2.20 bits per heavy atom. The zero-order valence-electron chi connectivity index (χ0n) is 7.71. The molecule has 1 N–H and O–H groups in total. The van der Waals surface area contributed by atoms with E-state index in [0.29, 0.717) is 9.97 Å². The lowest BCUT2D eigenvalue weighted by Crippen LogP contribution is -2.21. The van der Waals surface area contributed by atoms with Crippen molar-refractivity contribution < 1.29 is 12.8 Å². The maximum atomic E-state index is 11.6. The molecule has 0 saturated carbocycles. The number of furan rings is 1. The Balaban J connectivity index is 2.06. The van der Waals surface area contributed by atoms with Crippen LogP contribution in [0.1, 0.15) is 5.76 Å². The summed E-state index contributed by atoms with van der Waals surface area (Å²) in [7, 11) is -3.38. The zero-order chi connectivity index (χ0) is 10.7. The van der Waals surface area contributed by atoms with Crippen LogP contribution in [0, 0.1) is 0 Å². The smallest absolute Gasteiger partial charge is 0.250 e. The molecule has 4 nitrogen and oxygen atoms in total. The van der Waals surface area contributed by atoms with Gasteiger partial charge in [-0.2, -0.15) is 0 Å². The van der Waals surface area contributed by atoms with Gasteiger partial charge in [0.2, 0.25) is 10.0 Å². The van der Waals surface area contributed by atoms with Crippen LogP contribution in [-0.4, -0.2) is 8.42 Å². The monoisotopic (exact) mass is 243 g/mol. The largest absolute Gasteiger partial charge is 0.468 e. The standard InChI is InChI=1S/C9H9NO3S2/c11-15(12,9-4-2-6-14-9)10-7-8-3-1-5-13-8/h1-6,10H,7H2. The van der Waals surface area contributed by atoms with Gasteiger partial charge < -0.3 is 4.42 Å². The van der Waals surface area contributed by atoms with Gasteiger partial charge >= 0.3 is 0 Å². The van der Waals surface area contributed by atoms with Crippen LogP contribution in [0.2, 0.25) is 0 Å². The van der Waals surface area contributed by atoms with Crippen molar-refractivity contribution in [1.29, 1.82) is 0 Å². The Morgan fingerprint density at radius 1 is 1.33 bits per heavy atom. The van der Waals surface area contributed by atoms with Crippen molar-refractivity contribution in [1.82, 2.24) is 4.72 Å². The molecule has 80 valence electrons. The molecule has 2 rings (SSSR count). The van der Waals surface area contributed by atoms with Gasteiger partial charge in [0.1, 0.15) is 9.97 Å². The summed E-state index contributed by atoms with van der Waals surface area (Å²) in [5.74, 6) is 0.593. The molecule has 2 aromatic rings. The van der Waals surface area contributed by atoms with E-state index in [-0.39, 0.29) is 6.54 Å². The number of rotatable bonds is 4. The van der Waals surface area contributed by atoms with Crippen molar-refractivity contribution in [3.05, 3.63) is 41.7 Å². The Hall–Kier alpha value is -1.11.